The largest absolute Gasteiger partial charge is 0.481 e. The predicted octanol–water partition coefficient (Wildman–Crippen LogP) is 5.17. The van der Waals surface area contributed by atoms with Crippen molar-refractivity contribution in [2.75, 3.05) is 0 Å². The van der Waals surface area contributed by atoms with Gasteiger partial charge in [-0.15, -0.1) is 0 Å². The zero-order valence-corrected chi connectivity index (χ0v) is 18.4. The number of amides is 1. The van der Waals surface area contributed by atoms with E-state index in [1.54, 1.807) is 42.5 Å². The molecular formula is C23H22Cl2N2O4. The van der Waals surface area contributed by atoms with Gasteiger partial charge in [0.1, 0.15) is 18.2 Å². The standard InChI is InChI=1S/C23H22Cl2N2O4/c1-2-4-18(13-26)27-21(14-7-9-16(24)10-8-14)22(15-5-3-6-17(25)11-15)31-19(23(27)30)12-20(28)29/h3,5-11,18-19,21-22H,2,4,12H2,1H3,(H,28,29)/t18-,19-,21+,22-/m1/s1. The van der Waals surface area contributed by atoms with Crippen molar-refractivity contribution in [2.24, 2.45) is 0 Å². The van der Waals surface area contributed by atoms with Crippen LogP contribution in [0.15, 0.2) is 48.5 Å². The molecule has 31 heavy (non-hydrogen) atoms. The number of nitrogens with zero attached hydrogens (tertiary/aromatic N) is 2. The number of hydrogen-bond donors (Lipinski definition) is 1. The molecule has 1 aliphatic rings. The van der Waals surface area contributed by atoms with Crippen LogP contribution >= 0.6 is 23.2 Å². The second-order valence-corrected chi connectivity index (χ2v) is 8.25. The van der Waals surface area contributed by atoms with E-state index in [0.717, 1.165) is 5.56 Å². The fourth-order valence-corrected chi connectivity index (χ4v) is 4.20. The highest BCUT2D eigenvalue weighted by Gasteiger charge is 2.47. The van der Waals surface area contributed by atoms with Gasteiger partial charge in [0.2, 0.25) is 0 Å². The van der Waals surface area contributed by atoms with Gasteiger partial charge in [-0.1, -0.05) is 60.8 Å². The van der Waals surface area contributed by atoms with Crippen LogP contribution in [-0.4, -0.2) is 34.0 Å². The molecule has 1 N–H and O–H groups in total. The number of carboxylic acid groups (broad SMARTS) is 1. The summed E-state index contributed by atoms with van der Waals surface area (Å²) in [4.78, 5) is 26.3. The molecule has 2 aromatic rings. The minimum Gasteiger partial charge on any atom is -0.481 e. The van der Waals surface area contributed by atoms with E-state index in [-0.39, 0.29) is 0 Å². The lowest BCUT2D eigenvalue weighted by atomic mass is 9.89. The quantitative estimate of drug-likeness (QED) is 0.615. The van der Waals surface area contributed by atoms with Crippen molar-refractivity contribution in [3.05, 3.63) is 69.7 Å². The van der Waals surface area contributed by atoms with Crippen molar-refractivity contribution >= 4 is 35.1 Å². The van der Waals surface area contributed by atoms with Gasteiger partial charge in [0.15, 0.2) is 0 Å². The first-order chi connectivity index (χ1) is 14.8. The molecular weight excluding hydrogens is 439 g/mol. The Hall–Kier alpha value is -2.59. The third-order valence-corrected chi connectivity index (χ3v) is 5.71. The Morgan fingerprint density at radius 2 is 1.90 bits per heavy atom. The number of benzene rings is 2. The molecule has 2 aromatic carbocycles. The van der Waals surface area contributed by atoms with Crippen LogP contribution in [0.4, 0.5) is 0 Å². The third kappa shape index (κ3) is 5.19. The Labute approximate surface area is 190 Å². The minimum absolute atomic E-state index is 0.453. The highest BCUT2D eigenvalue weighted by Crippen LogP contribution is 2.44. The number of ether oxygens (including phenoxy) is 1. The molecule has 3 rings (SSSR count). The van der Waals surface area contributed by atoms with E-state index >= 15 is 0 Å². The Kier molecular flexibility index (Phi) is 7.55. The Balaban J connectivity index is 2.18. The van der Waals surface area contributed by atoms with Crippen LogP contribution in [0.2, 0.25) is 10.0 Å². The number of carbonyl (C=O) groups excluding carboxylic acids is 1. The number of morpholine rings is 1. The van der Waals surface area contributed by atoms with E-state index in [0.29, 0.717) is 28.5 Å². The average molecular weight is 461 g/mol. The van der Waals surface area contributed by atoms with Crippen LogP contribution in [-0.2, 0) is 14.3 Å². The normalized spacial score (nSPS) is 22.1. The summed E-state index contributed by atoms with van der Waals surface area (Å²) in [6.07, 6.45) is -1.28. The van der Waals surface area contributed by atoms with Crippen molar-refractivity contribution in [3.63, 3.8) is 0 Å². The van der Waals surface area contributed by atoms with E-state index in [1.807, 2.05) is 13.0 Å². The second-order valence-electron chi connectivity index (χ2n) is 7.37. The van der Waals surface area contributed by atoms with Crippen molar-refractivity contribution in [1.82, 2.24) is 4.90 Å². The molecule has 0 radical (unpaired) electrons. The van der Waals surface area contributed by atoms with Crippen LogP contribution in [0, 0.1) is 11.3 Å². The van der Waals surface area contributed by atoms with Crippen molar-refractivity contribution in [1.29, 1.82) is 5.26 Å². The molecule has 162 valence electrons. The summed E-state index contributed by atoms with van der Waals surface area (Å²) < 4.78 is 6.08. The van der Waals surface area contributed by atoms with Gasteiger partial charge in [0.25, 0.3) is 5.91 Å². The summed E-state index contributed by atoms with van der Waals surface area (Å²) in [5, 5.41) is 20.2. The Morgan fingerprint density at radius 1 is 1.19 bits per heavy atom. The molecule has 1 aliphatic heterocycles. The van der Waals surface area contributed by atoms with E-state index in [1.165, 1.54) is 4.90 Å². The van der Waals surface area contributed by atoms with Crippen molar-refractivity contribution < 1.29 is 19.4 Å². The number of rotatable bonds is 7. The maximum absolute atomic E-state index is 13.4. The van der Waals surface area contributed by atoms with E-state index in [2.05, 4.69) is 6.07 Å². The minimum atomic E-state index is -1.21. The van der Waals surface area contributed by atoms with Crippen molar-refractivity contribution in [2.45, 2.75) is 50.5 Å². The lowest BCUT2D eigenvalue weighted by Gasteiger charge is -2.46. The maximum atomic E-state index is 13.4. The Morgan fingerprint density at radius 3 is 2.48 bits per heavy atom. The van der Waals surface area contributed by atoms with Gasteiger partial charge in [-0.2, -0.15) is 5.26 Å². The predicted molar refractivity (Wildman–Crippen MR) is 117 cm³/mol. The summed E-state index contributed by atoms with van der Waals surface area (Å²) in [5.74, 6) is -1.67. The molecule has 0 unspecified atom stereocenters. The first kappa shape index (κ1) is 23.1. The van der Waals surface area contributed by atoms with Gasteiger partial charge in [-0.25, -0.2) is 0 Å². The number of nitriles is 1. The van der Waals surface area contributed by atoms with Gasteiger partial charge < -0.3 is 14.7 Å². The third-order valence-electron chi connectivity index (χ3n) is 5.22. The second kappa shape index (κ2) is 10.1. The zero-order chi connectivity index (χ0) is 22.5. The van der Waals surface area contributed by atoms with E-state index in [9.17, 15) is 20.0 Å². The molecule has 6 nitrogen and oxygen atoms in total. The van der Waals surface area contributed by atoms with Crippen molar-refractivity contribution in [3.8, 4) is 6.07 Å². The number of aliphatic carboxylic acids is 1. The Bertz CT molecular complexity index is 990. The summed E-state index contributed by atoms with van der Waals surface area (Å²) in [5.41, 5.74) is 1.42. The van der Waals surface area contributed by atoms with Crippen LogP contribution in [0.25, 0.3) is 0 Å². The molecule has 0 spiro atoms. The molecule has 1 amide bonds. The molecule has 0 bridgehead atoms. The molecule has 0 aromatic heterocycles. The first-order valence-corrected chi connectivity index (χ1v) is 10.7. The lowest BCUT2D eigenvalue weighted by molar-refractivity contribution is -0.181. The number of carbonyl (C=O) groups is 2. The van der Waals surface area contributed by atoms with Gasteiger partial charge in [-0.05, 0) is 41.8 Å². The van der Waals surface area contributed by atoms with Crippen LogP contribution in [0.5, 0.6) is 0 Å². The molecule has 0 aliphatic carbocycles. The van der Waals surface area contributed by atoms with Gasteiger partial charge in [-0.3, -0.25) is 9.59 Å². The van der Waals surface area contributed by atoms with Crippen LogP contribution in [0.1, 0.15) is 49.5 Å². The van der Waals surface area contributed by atoms with Crippen LogP contribution in [0.3, 0.4) is 0 Å². The lowest BCUT2D eigenvalue weighted by Crippen LogP contribution is -2.55. The fraction of sp³-hybridized carbons (Fsp3) is 0.348. The average Bonchev–Trinajstić information content (AvgIpc) is 2.74. The number of carboxylic acids is 1. The summed E-state index contributed by atoms with van der Waals surface area (Å²) >= 11 is 12.3. The first-order valence-electron chi connectivity index (χ1n) is 9.95. The highest BCUT2D eigenvalue weighted by molar-refractivity contribution is 6.30. The summed E-state index contributed by atoms with van der Waals surface area (Å²) in [6, 6.07) is 14.8. The van der Waals surface area contributed by atoms with Crippen LogP contribution < -0.4 is 0 Å². The van der Waals surface area contributed by atoms with Gasteiger partial charge >= 0.3 is 5.97 Å². The number of hydrogen-bond acceptors (Lipinski definition) is 4. The van der Waals surface area contributed by atoms with E-state index < -0.39 is 42.6 Å². The zero-order valence-electron chi connectivity index (χ0n) is 16.9. The fourth-order valence-electron chi connectivity index (χ4n) is 3.88. The molecule has 1 fully saturated rings. The SMILES string of the molecule is CCC[C@H](C#N)N1C(=O)[C@@H](CC(=O)O)O[C@H](c2cccc(Cl)c2)[C@@H]1c1ccc(Cl)cc1. The summed E-state index contributed by atoms with van der Waals surface area (Å²) in [6.45, 7) is 1.93. The molecule has 0 saturated carbocycles. The molecule has 4 atom stereocenters. The topological polar surface area (TPSA) is 90.6 Å². The molecule has 8 heteroatoms. The maximum Gasteiger partial charge on any atom is 0.306 e. The van der Waals surface area contributed by atoms with Gasteiger partial charge in [0.05, 0.1) is 18.5 Å². The number of halogens is 2. The smallest absolute Gasteiger partial charge is 0.306 e. The monoisotopic (exact) mass is 460 g/mol. The molecule has 1 heterocycles. The molecule has 1 saturated heterocycles. The summed E-state index contributed by atoms with van der Waals surface area (Å²) in [7, 11) is 0. The van der Waals surface area contributed by atoms with Gasteiger partial charge in [0, 0.05) is 10.0 Å². The highest BCUT2D eigenvalue weighted by atomic mass is 35.5. The van der Waals surface area contributed by atoms with E-state index in [4.69, 9.17) is 27.9 Å².